The van der Waals surface area contributed by atoms with E-state index in [1.165, 1.54) is 0 Å². The highest BCUT2D eigenvalue weighted by Gasteiger charge is 2.15. The fraction of sp³-hybridized carbons (Fsp3) is 0.562. The van der Waals surface area contributed by atoms with Crippen molar-refractivity contribution in [2.24, 2.45) is 5.92 Å². The quantitative estimate of drug-likeness (QED) is 0.707. The maximum absolute atomic E-state index is 13.1. The zero-order chi connectivity index (χ0) is 15.3. The lowest BCUT2D eigenvalue weighted by Gasteiger charge is -2.27. The Morgan fingerprint density at radius 3 is 2.10 bits per heavy atom. The van der Waals surface area contributed by atoms with Gasteiger partial charge in [0.15, 0.2) is 5.78 Å². The van der Waals surface area contributed by atoms with Gasteiger partial charge in [-0.15, -0.1) is 0 Å². The van der Waals surface area contributed by atoms with Crippen molar-refractivity contribution in [2.45, 2.75) is 40.2 Å². The summed E-state index contributed by atoms with van der Waals surface area (Å²) in [7, 11) is 0. The Balaban J connectivity index is 2.65. The molecule has 0 amide bonds. The number of Topliss-reactive ketones (excluding diaryl/α,β-unsaturated/α-hetero) is 1. The minimum absolute atomic E-state index is 0.107. The van der Waals surface area contributed by atoms with Crippen LogP contribution in [0.5, 0.6) is 0 Å². The van der Waals surface area contributed by atoms with Crippen LogP contribution >= 0.6 is 0 Å². The van der Waals surface area contributed by atoms with Gasteiger partial charge in [0.2, 0.25) is 0 Å². The zero-order valence-corrected chi connectivity index (χ0v) is 12.6. The summed E-state index contributed by atoms with van der Waals surface area (Å²) in [6, 6.07) is 3.30. The van der Waals surface area contributed by atoms with E-state index >= 15 is 0 Å². The number of hydrogen-bond acceptors (Lipinski definition) is 2. The molecule has 0 spiro atoms. The van der Waals surface area contributed by atoms with Crippen LogP contribution in [0.1, 0.15) is 44.5 Å². The predicted octanol–water partition coefficient (Wildman–Crippen LogP) is 3.90. The Bertz CT molecular complexity index is 438. The number of halogens is 2. The fourth-order valence-corrected chi connectivity index (χ4v) is 2.13. The first-order chi connectivity index (χ1) is 9.29. The van der Waals surface area contributed by atoms with Crippen LogP contribution in [0.4, 0.5) is 8.78 Å². The number of benzene rings is 1. The van der Waals surface area contributed by atoms with E-state index < -0.39 is 11.6 Å². The third kappa shape index (κ3) is 5.37. The molecule has 1 aromatic carbocycles. The monoisotopic (exact) mass is 283 g/mol. The van der Waals surface area contributed by atoms with E-state index in [1.54, 1.807) is 0 Å². The maximum atomic E-state index is 13.1. The minimum atomic E-state index is -0.712. The molecule has 0 saturated heterocycles. The largest absolute Gasteiger partial charge is 0.300 e. The van der Waals surface area contributed by atoms with Crippen molar-refractivity contribution in [3.05, 3.63) is 35.4 Å². The van der Waals surface area contributed by atoms with Crippen molar-refractivity contribution < 1.29 is 13.6 Å². The molecule has 1 rings (SSSR count). The van der Waals surface area contributed by atoms with Crippen molar-refractivity contribution in [3.63, 3.8) is 0 Å². The van der Waals surface area contributed by atoms with Crippen LogP contribution in [0.3, 0.4) is 0 Å². The molecule has 0 aliphatic carbocycles. The Morgan fingerprint density at radius 1 is 1.10 bits per heavy atom. The Morgan fingerprint density at radius 2 is 1.65 bits per heavy atom. The second-order valence-corrected chi connectivity index (χ2v) is 5.81. The molecular weight excluding hydrogens is 260 g/mol. The van der Waals surface area contributed by atoms with Gasteiger partial charge >= 0.3 is 0 Å². The summed E-state index contributed by atoms with van der Waals surface area (Å²) in [4.78, 5) is 14.2. The summed E-state index contributed by atoms with van der Waals surface area (Å²) >= 11 is 0. The van der Waals surface area contributed by atoms with Gasteiger partial charge in [-0.2, -0.15) is 0 Å². The predicted molar refractivity (Wildman–Crippen MR) is 76.9 cm³/mol. The smallest absolute Gasteiger partial charge is 0.164 e. The molecule has 0 aromatic heterocycles. The Hall–Kier alpha value is -1.29. The van der Waals surface area contributed by atoms with Crippen LogP contribution in [0.15, 0.2) is 18.2 Å². The molecule has 0 radical (unpaired) electrons. The molecule has 0 fully saturated rings. The molecule has 4 heteroatoms. The Labute approximate surface area is 119 Å². The van der Waals surface area contributed by atoms with Gasteiger partial charge in [-0.1, -0.05) is 13.8 Å². The molecule has 0 bridgehead atoms. The number of nitrogens with zero attached hydrogens (tertiary/aromatic N) is 1. The molecule has 20 heavy (non-hydrogen) atoms. The average Bonchev–Trinajstić information content (AvgIpc) is 2.32. The van der Waals surface area contributed by atoms with Gasteiger partial charge in [-0.05, 0) is 31.9 Å². The van der Waals surface area contributed by atoms with Crippen LogP contribution in [0.2, 0.25) is 0 Å². The number of ketones is 1. The molecule has 1 aromatic rings. The highest BCUT2D eigenvalue weighted by molar-refractivity contribution is 5.96. The van der Waals surface area contributed by atoms with Gasteiger partial charge in [0.25, 0.3) is 0 Å². The second-order valence-electron chi connectivity index (χ2n) is 5.81. The average molecular weight is 283 g/mol. The van der Waals surface area contributed by atoms with Gasteiger partial charge < -0.3 is 4.90 Å². The summed E-state index contributed by atoms with van der Waals surface area (Å²) in [5, 5.41) is 0. The van der Waals surface area contributed by atoms with Crippen LogP contribution < -0.4 is 0 Å². The standard InChI is InChI=1S/C16H23F2NO/c1-11(2)10-19(12(3)4)6-5-16(20)13-7-14(17)9-15(18)8-13/h7-9,11-12H,5-6,10H2,1-4H3. The first-order valence-corrected chi connectivity index (χ1v) is 7.03. The van der Waals surface area contributed by atoms with Gasteiger partial charge in [0.05, 0.1) is 0 Å². The van der Waals surface area contributed by atoms with Crippen molar-refractivity contribution in [3.8, 4) is 0 Å². The molecule has 0 saturated carbocycles. The lowest BCUT2D eigenvalue weighted by molar-refractivity contribution is 0.0949. The van der Waals surface area contributed by atoms with Crippen LogP contribution in [0, 0.1) is 17.6 Å². The molecule has 0 aliphatic heterocycles. The third-order valence-electron chi connectivity index (χ3n) is 3.14. The number of carbonyl (C=O) groups is 1. The van der Waals surface area contributed by atoms with Crippen molar-refractivity contribution >= 4 is 5.78 Å². The topological polar surface area (TPSA) is 20.3 Å². The summed E-state index contributed by atoms with van der Waals surface area (Å²) < 4.78 is 26.2. The fourth-order valence-electron chi connectivity index (χ4n) is 2.13. The highest BCUT2D eigenvalue weighted by atomic mass is 19.1. The third-order valence-corrected chi connectivity index (χ3v) is 3.14. The molecule has 0 N–H and O–H groups in total. The van der Waals surface area contributed by atoms with E-state index in [1.807, 2.05) is 0 Å². The van der Waals surface area contributed by atoms with E-state index in [-0.39, 0.29) is 17.8 Å². The van der Waals surface area contributed by atoms with Crippen molar-refractivity contribution in [1.82, 2.24) is 4.90 Å². The first-order valence-electron chi connectivity index (χ1n) is 7.03. The normalized spacial score (nSPS) is 11.7. The second kappa shape index (κ2) is 7.48. The lowest BCUT2D eigenvalue weighted by Crippen LogP contribution is -2.35. The molecule has 0 heterocycles. The molecule has 0 unspecified atom stereocenters. The van der Waals surface area contributed by atoms with Crippen LogP contribution in [-0.4, -0.2) is 29.8 Å². The number of carbonyl (C=O) groups excluding carboxylic acids is 1. The minimum Gasteiger partial charge on any atom is -0.300 e. The van der Waals surface area contributed by atoms with Gasteiger partial charge in [0, 0.05) is 37.2 Å². The van der Waals surface area contributed by atoms with Gasteiger partial charge in [-0.3, -0.25) is 4.79 Å². The van der Waals surface area contributed by atoms with E-state index in [4.69, 9.17) is 0 Å². The van der Waals surface area contributed by atoms with Crippen LogP contribution in [-0.2, 0) is 0 Å². The van der Waals surface area contributed by atoms with E-state index in [9.17, 15) is 13.6 Å². The molecule has 0 atom stereocenters. The SMILES string of the molecule is CC(C)CN(CCC(=O)c1cc(F)cc(F)c1)C(C)C. The summed E-state index contributed by atoms with van der Waals surface area (Å²) in [5.41, 5.74) is 0.107. The molecule has 0 aliphatic rings. The maximum Gasteiger partial charge on any atom is 0.164 e. The summed E-state index contributed by atoms with van der Waals surface area (Å²) in [5.74, 6) is -1.13. The van der Waals surface area contributed by atoms with E-state index in [0.717, 1.165) is 24.7 Å². The van der Waals surface area contributed by atoms with E-state index in [0.29, 0.717) is 18.5 Å². The number of hydrogen-bond donors (Lipinski definition) is 0. The van der Waals surface area contributed by atoms with Crippen molar-refractivity contribution in [1.29, 1.82) is 0 Å². The van der Waals surface area contributed by atoms with Gasteiger partial charge in [0.1, 0.15) is 11.6 Å². The van der Waals surface area contributed by atoms with Gasteiger partial charge in [-0.25, -0.2) is 8.78 Å². The summed E-state index contributed by atoms with van der Waals surface area (Å²) in [6.07, 6.45) is 0.272. The molecule has 112 valence electrons. The first kappa shape index (κ1) is 16.8. The van der Waals surface area contributed by atoms with Crippen LogP contribution in [0.25, 0.3) is 0 Å². The highest BCUT2D eigenvalue weighted by Crippen LogP contribution is 2.12. The van der Waals surface area contributed by atoms with Crippen molar-refractivity contribution in [2.75, 3.05) is 13.1 Å². The molecular formula is C16H23F2NO. The molecule has 2 nitrogen and oxygen atoms in total. The Kier molecular flexibility index (Phi) is 6.27. The lowest BCUT2D eigenvalue weighted by atomic mass is 10.1. The number of rotatable bonds is 7. The van der Waals surface area contributed by atoms with E-state index in [2.05, 4.69) is 32.6 Å². The zero-order valence-electron chi connectivity index (χ0n) is 12.6. The summed E-state index contributed by atoms with van der Waals surface area (Å²) in [6.45, 7) is 9.91.